The van der Waals surface area contributed by atoms with Crippen LogP contribution in [0.2, 0.25) is 0 Å². The van der Waals surface area contributed by atoms with Gasteiger partial charge >= 0.3 is 0 Å². The van der Waals surface area contributed by atoms with Crippen molar-refractivity contribution in [2.45, 2.75) is 72.4 Å². The second-order valence-electron chi connectivity index (χ2n) is 7.42. The van der Waals surface area contributed by atoms with Crippen molar-refractivity contribution in [1.29, 1.82) is 0 Å². The first-order valence-corrected chi connectivity index (χ1v) is 7.65. The monoisotopic (exact) mass is 237 g/mol. The SMILES string of the molecule is CC(C)C1CC2(C(C)C)CCC1CN2C(C)C. The van der Waals surface area contributed by atoms with E-state index in [1.54, 1.807) is 0 Å². The van der Waals surface area contributed by atoms with Crippen LogP contribution in [0.15, 0.2) is 0 Å². The van der Waals surface area contributed by atoms with Crippen LogP contribution in [0.1, 0.15) is 60.8 Å². The fourth-order valence-electron chi connectivity index (χ4n) is 4.61. The van der Waals surface area contributed by atoms with Gasteiger partial charge in [0.2, 0.25) is 0 Å². The molecule has 1 saturated carbocycles. The maximum Gasteiger partial charge on any atom is 0.0238 e. The largest absolute Gasteiger partial charge is 0.295 e. The van der Waals surface area contributed by atoms with E-state index in [1.807, 2.05) is 0 Å². The zero-order valence-corrected chi connectivity index (χ0v) is 12.7. The Morgan fingerprint density at radius 2 is 1.71 bits per heavy atom. The van der Waals surface area contributed by atoms with Gasteiger partial charge in [-0.15, -0.1) is 0 Å². The lowest BCUT2D eigenvalue weighted by Crippen LogP contribution is -2.66. The molecule has 3 unspecified atom stereocenters. The van der Waals surface area contributed by atoms with E-state index in [9.17, 15) is 0 Å². The molecule has 1 nitrogen and oxygen atoms in total. The molecule has 2 heterocycles. The number of piperidine rings is 2. The van der Waals surface area contributed by atoms with E-state index in [-0.39, 0.29) is 0 Å². The first-order valence-electron chi connectivity index (χ1n) is 7.65. The van der Waals surface area contributed by atoms with Crippen molar-refractivity contribution in [3.63, 3.8) is 0 Å². The maximum atomic E-state index is 2.84. The summed E-state index contributed by atoms with van der Waals surface area (Å²) in [6.45, 7) is 15.9. The highest BCUT2D eigenvalue weighted by Gasteiger charge is 2.52. The second kappa shape index (κ2) is 4.57. The Kier molecular flexibility index (Phi) is 3.60. The van der Waals surface area contributed by atoms with Gasteiger partial charge in [0.1, 0.15) is 0 Å². The highest BCUT2D eigenvalue weighted by atomic mass is 15.2. The zero-order valence-electron chi connectivity index (χ0n) is 12.7. The smallest absolute Gasteiger partial charge is 0.0238 e. The van der Waals surface area contributed by atoms with Crippen LogP contribution in [0, 0.1) is 23.7 Å². The molecule has 0 N–H and O–H groups in total. The fraction of sp³-hybridized carbons (Fsp3) is 1.00. The van der Waals surface area contributed by atoms with Crippen molar-refractivity contribution < 1.29 is 0 Å². The number of fused-ring (bicyclic) bond motifs is 3. The lowest BCUT2D eigenvalue weighted by Gasteiger charge is -2.62. The first-order chi connectivity index (χ1) is 7.88. The molecule has 3 fully saturated rings. The van der Waals surface area contributed by atoms with Crippen LogP contribution in [-0.4, -0.2) is 23.0 Å². The minimum absolute atomic E-state index is 0.512. The van der Waals surface area contributed by atoms with Crippen molar-refractivity contribution in [3.05, 3.63) is 0 Å². The van der Waals surface area contributed by atoms with Gasteiger partial charge < -0.3 is 0 Å². The normalized spacial score (nSPS) is 38.6. The summed E-state index contributed by atoms with van der Waals surface area (Å²) in [4.78, 5) is 2.84. The minimum atomic E-state index is 0.512. The number of nitrogens with zero attached hydrogens (tertiary/aromatic N) is 1. The van der Waals surface area contributed by atoms with E-state index in [4.69, 9.17) is 0 Å². The summed E-state index contributed by atoms with van der Waals surface area (Å²) in [6.07, 6.45) is 4.37. The molecule has 17 heavy (non-hydrogen) atoms. The average molecular weight is 237 g/mol. The van der Waals surface area contributed by atoms with E-state index in [1.165, 1.54) is 25.8 Å². The summed E-state index contributed by atoms with van der Waals surface area (Å²) in [5.41, 5.74) is 0.512. The number of rotatable bonds is 3. The molecular weight excluding hydrogens is 206 g/mol. The third-order valence-corrected chi connectivity index (χ3v) is 5.70. The van der Waals surface area contributed by atoms with E-state index >= 15 is 0 Å². The number of hydrogen-bond acceptors (Lipinski definition) is 1. The molecule has 2 saturated heterocycles. The van der Waals surface area contributed by atoms with Gasteiger partial charge in [-0.3, -0.25) is 4.90 Å². The summed E-state index contributed by atoms with van der Waals surface area (Å²) in [5.74, 6) is 3.61. The van der Waals surface area contributed by atoms with Crippen molar-refractivity contribution in [1.82, 2.24) is 4.90 Å². The maximum absolute atomic E-state index is 2.84. The van der Waals surface area contributed by atoms with Crippen molar-refractivity contribution >= 4 is 0 Å². The lowest BCUT2D eigenvalue weighted by molar-refractivity contribution is -0.119. The summed E-state index contributed by atoms with van der Waals surface area (Å²) in [7, 11) is 0. The minimum Gasteiger partial charge on any atom is -0.295 e. The molecule has 0 aromatic heterocycles. The molecule has 0 amide bonds. The number of hydrogen-bond donors (Lipinski definition) is 0. The van der Waals surface area contributed by atoms with Crippen LogP contribution in [0.5, 0.6) is 0 Å². The molecule has 0 radical (unpaired) electrons. The predicted octanol–water partition coefficient (Wildman–Crippen LogP) is 4.18. The highest BCUT2D eigenvalue weighted by Crippen LogP contribution is 2.52. The highest BCUT2D eigenvalue weighted by molar-refractivity contribution is 5.06. The molecule has 1 aliphatic carbocycles. The summed E-state index contributed by atoms with van der Waals surface area (Å²) in [5, 5.41) is 0. The zero-order chi connectivity index (χ0) is 12.8. The van der Waals surface area contributed by atoms with Crippen LogP contribution in [0.25, 0.3) is 0 Å². The molecule has 0 spiro atoms. The van der Waals surface area contributed by atoms with Gasteiger partial charge in [0, 0.05) is 18.1 Å². The van der Waals surface area contributed by atoms with Crippen LogP contribution in [0.4, 0.5) is 0 Å². The van der Waals surface area contributed by atoms with Gasteiger partial charge in [-0.05, 0) is 56.8 Å². The van der Waals surface area contributed by atoms with E-state index < -0.39 is 0 Å². The van der Waals surface area contributed by atoms with Crippen molar-refractivity contribution in [3.8, 4) is 0 Å². The lowest BCUT2D eigenvalue weighted by atomic mass is 9.58. The quantitative estimate of drug-likeness (QED) is 0.712. The van der Waals surface area contributed by atoms with Gasteiger partial charge in [0.25, 0.3) is 0 Å². The Balaban J connectivity index is 2.28. The molecular formula is C16H31N. The summed E-state index contributed by atoms with van der Waals surface area (Å²) in [6, 6.07) is 0.716. The topological polar surface area (TPSA) is 3.24 Å². The molecule has 3 atom stereocenters. The first kappa shape index (κ1) is 13.4. The molecule has 0 aromatic carbocycles. The third kappa shape index (κ3) is 2.05. The van der Waals surface area contributed by atoms with Gasteiger partial charge in [-0.25, -0.2) is 0 Å². The van der Waals surface area contributed by atoms with Crippen LogP contribution in [0.3, 0.4) is 0 Å². The van der Waals surface area contributed by atoms with Gasteiger partial charge in [-0.1, -0.05) is 27.7 Å². The van der Waals surface area contributed by atoms with Crippen molar-refractivity contribution in [2.75, 3.05) is 6.54 Å². The van der Waals surface area contributed by atoms with E-state index in [0.717, 1.165) is 23.7 Å². The van der Waals surface area contributed by atoms with Crippen LogP contribution >= 0.6 is 0 Å². The Morgan fingerprint density at radius 3 is 2.18 bits per heavy atom. The molecule has 1 heteroatoms. The predicted molar refractivity (Wildman–Crippen MR) is 75.1 cm³/mol. The molecule has 2 bridgehead atoms. The Morgan fingerprint density at radius 1 is 1.06 bits per heavy atom. The third-order valence-electron chi connectivity index (χ3n) is 5.70. The van der Waals surface area contributed by atoms with E-state index in [2.05, 4.69) is 46.4 Å². The molecule has 0 aromatic rings. The second-order valence-corrected chi connectivity index (χ2v) is 7.42. The van der Waals surface area contributed by atoms with Gasteiger partial charge in [0.05, 0.1) is 0 Å². The molecule has 100 valence electrons. The molecule has 2 aliphatic heterocycles. The summed E-state index contributed by atoms with van der Waals surface area (Å²) >= 11 is 0. The fourth-order valence-corrected chi connectivity index (χ4v) is 4.61. The van der Waals surface area contributed by atoms with Gasteiger partial charge in [-0.2, -0.15) is 0 Å². The van der Waals surface area contributed by atoms with Gasteiger partial charge in [0.15, 0.2) is 0 Å². The van der Waals surface area contributed by atoms with Crippen LogP contribution < -0.4 is 0 Å². The van der Waals surface area contributed by atoms with Crippen LogP contribution in [-0.2, 0) is 0 Å². The molecule has 3 rings (SSSR count). The summed E-state index contributed by atoms with van der Waals surface area (Å²) < 4.78 is 0. The average Bonchev–Trinajstić information content (AvgIpc) is 2.28. The van der Waals surface area contributed by atoms with Crippen molar-refractivity contribution in [2.24, 2.45) is 23.7 Å². The Labute approximate surface area is 108 Å². The Bertz CT molecular complexity index is 269. The van der Waals surface area contributed by atoms with E-state index in [0.29, 0.717) is 11.6 Å². The standard InChI is InChI=1S/C16H31N/c1-11(2)15-9-16(12(3)4)8-7-14(15)10-17(16)13(5)6/h11-15H,7-10H2,1-6H3. The molecule has 3 aliphatic rings. The Hall–Kier alpha value is -0.0400.